The molecule has 1 heterocycles. The van der Waals surface area contributed by atoms with Gasteiger partial charge in [0.25, 0.3) is 0 Å². The minimum Gasteiger partial charge on any atom is -0.435 e. The summed E-state index contributed by atoms with van der Waals surface area (Å²) in [6.07, 6.45) is 0.695. The van der Waals surface area contributed by atoms with Crippen LogP contribution < -0.4 is 0 Å². The SMILES string of the molecule is CN(C)C(=O)O[C@H](c1ccc(Cl)cc1)c1ccccn1. The van der Waals surface area contributed by atoms with Gasteiger partial charge in [-0.15, -0.1) is 0 Å². The number of benzene rings is 1. The molecule has 4 nitrogen and oxygen atoms in total. The first-order chi connectivity index (χ1) is 9.58. The van der Waals surface area contributed by atoms with Gasteiger partial charge < -0.3 is 9.64 Å². The zero-order valence-corrected chi connectivity index (χ0v) is 12.0. The van der Waals surface area contributed by atoms with Gasteiger partial charge in [-0.05, 0) is 29.8 Å². The summed E-state index contributed by atoms with van der Waals surface area (Å²) < 4.78 is 5.51. The standard InChI is InChI=1S/C15H15ClN2O2/c1-18(2)15(19)20-14(13-5-3-4-10-17-13)11-6-8-12(16)9-7-11/h3-10,14H,1-2H3/t14-/m1/s1. The number of carbonyl (C=O) groups is 1. The fraction of sp³-hybridized carbons (Fsp3) is 0.200. The predicted octanol–water partition coefficient (Wildman–Crippen LogP) is 3.52. The quantitative estimate of drug-likeness (QED) is 0.868. The second kappa shape index (κ2) is 6.39. The van der Waals surface area contributed by atoms with Crippen LogP contribution in [0.4, 0.5) is 4.79 Å². The molecule has 0 unspecified atom stereocenters. The topological polar surface area (TPSA) is 42.4 Å². The molecule has 0 N–H and O–H groups in total. The zero-order chi connectivity index (χ0) is 14.5. The Morgan fingerprint density at radius 1 is 1.20 bits per heavy atom. The maximum atomic E-state index is 11.8. The minimum atomic E-state index is -0.552. The lowest BCUT2D eigenvalue weighted by Crippen LogP contribution is -2.25. The molecule has 0 aliphatic carbocycles. The Balaban J connectivity index is 2.34. The van der Waals surface area contributed by atoms with E-state index in [1.54, 1.807) is 32.4 Å². The van der Waals surface area contributed by atoms with Crippen LogP contribution in [0.1, 0.15) is 17.4 Å². The van der Waals surface area contributed by atoms with Crippen molar-refractivity contribution in [2.24, 2.45) is 0 Å². The van der Waals surface area contributed by atoms with Crippen molar-refractivity contribution in [3.8, 4) is 0 Å². The van der Waals surface area contributed by atoms with Crippen molar-refractivity contribution in [1.29, 1.82) is 0 Å². The number of hydrogen-bond acceptors (Lipinski definition) is 3. The van der Waals surface area contributed by atoms with Crippen LogP contribution in [-0.4, -0.2) is 30.1 Å². The Kier molecular flexibility index (Phi) is 4.58. The molecule has 0 saturated carbocycles. The lowest BCUT2D eigenvalue weighted by atomic mass is 10.1. The minimum absolute atomic E-state index is 0.421. The number of amides is 1. The molecule has 1 amide bonds. The molecule has 1 aromatic heterocycles. The Labute approximate surface area is 123 Å². The highest BCUT2D eigenvalue weighted by Crippen LogP contribution is 2.26. The summed E-state index contributed by atoms with van der Waals surface area (Å²) in [6, 6.07) is 12.7. The lowest BCUT2D eigenvalue weighted by Gasteiger charge is -2.20. The molecule has 0 aliphatic rings. The molecule has 0 aliphatic heterocycles. The average molecular weight is 291 g/mol. The molecule has 2 rings (SSSR count). The van der Waals surface area contributed by atoms with Crippen molar-refractivity contribution in [1.82, 2.24) is 9.88 Å². The van der Waals surface area contributed by atoms with Gasteiger partial charge in [-0.3, -0.25) is 4.98 Å². The van der Waals surface area contributed by atoms with Gasteiger partial charge in [0, 0.05) is 25.3 Å². The van der Waals surface area contributed by atoms with Crippen molar-refractivity contribution in [2.75, 3.05) is 14.1 Å². The van der Waals surface area contributed by atoms with Gasteiger partial charge in [0.15, 0.2) is 6.10 Å². The molecule has 0 saturated heterocycles. The summed E-state index contributed by atoms with van der Waals surface area (Å²) in [5.41, 5.74) is 1.49. The van der Waals surface area contributed by atoms with E-state index in [1.807, 2.05) is 30.3 Å². The molecular weight excluding hydrogens is 276 g/mol. The van der Waals surface area contributed by atoms with E-state index in [0.717, 1.165) is 5.56 Å². The smallest absolute Gasteiger partial charge is 0.410 e. The first-order valence-electron chi connectivity index (χ1n) is 6.12. The largest absolute Gasteiger partial charge is 0.435 e. The molecule has 0 fully saturated rings. The Bertz CT molecular complexity index is 570. The van der Waals surface area contributed by atoms with Crippen LogP contribution in [0.25, 0.3) is 0 Å². The maximum absolute atomic E-state index is 11.8. The summed E-state index contributed by atoms with van der Waals surface area (Å²) in [6.45, 7) is 0. The number of rotatable bonds is 3. The Morgan fingerprint density at radius 3 is 2.45 bits per heavy atom. The molecule has 1 aromatic carbocycles. The molecule has 2 aromatic rings. The fourth-order valence-electron chi connectivity index (χ4n) is 1.67. The van der Waals surface area contributed by atoms with Gasteiger partial charge >= 0.3 is 6.09 Å². The van der Waals surface area contributed by atoms with E-state index in [2.05, 4.69) is 4.98 Å². The third-order valence-electron chi connectivity index (χ3n) is 2.71. The van der Waals surface area contributed by atoms with E-state index in [4.69, 9.17) is 16.3 Å². The molecule has 5 heteroatoms. The normalized spacial score (nSPS) is 11.8. The number of ether oxygens (including phenoxy) is 1. The van der Waals surface area contributed by atoms with E-state index in [1.165, 1.54) is 4.90 Å². The molecule has 20 heavy (non-hydrogen) atoms. The zero-order valence-electron chi connectivity index (χ0n) is 11.3. The van der Waals surface area contributed by atoms with E-state index in [9.17, 15) is 4.79 Å². The third-order valence-corrected chi connectivity index (χ3v) is 2.96. The third kappa shape index (κ3) is 3.48. The molecule has 0 spiro atoms. The highest BCUT2D eigenvalue weighted by Gasteiger charge is 2.21. The molecule has 0 radical (unpaired) electrons. The van der Waals surface area contributed by atoms with Crippen molar-refractivity contribution >= 4 is 17.7 Å². The number of halogens is 1. The maximum Gasteiger partial charge on any atom is 0.410 e. The molecule has 1 atom stereocenters. The summed E-state index contributed by atoms with van der Waals surface area (Å²) in [7, 11) is 3.28. The van der Waals surface area contributed by atoms with E-state index in [0.29, 0.717) is 10.7 Å². The number of nitrogens with zero attached hydrogens (tertiary/aromatic N) is 2. The van der Waals surface area contributed by atoms with Gasteiger partial charge in [0.1, 0.15) is 0 Å². The summed E-state index contributed by atoms with van der Waals surface area (Å²) in [5, 5.41) is 0.632. The van der Waals surface area contributed by atoms with Gasteiger partial charge in [-0.1, -0.05) is 29.8 Å². The van der Waals surface area contributed by atoms with Crippen LogP contribution in [-0.2, 0) is 4.74 Å². The van der Waals surface area contributed by atoms with E-state index >= 15 is 0 Å². The lowest BCUT2D eigenvalue weighted by molar-refractivity contribution is 0.0893. The highest BCUT2D eigenvalue weighted by molar-refractivity contribution is 6.30. The second-order valence-electron chi connectivity index (χ2n) is 4.46. The highest BCUT2D eigenvalue weighted by atomic mass is 35.5. The van der Waals surface area contributed by atoms with Crippen LogP contribution in [0.15, 0.2) is 48.7 Å². The number of hydrogen-bond donors (Lipinski definition) is 0. The average Bonchev–Trinajstić information content (AvgIpc) is 2.46. The van der Waals surface area contributed by atoms with Crippen LogP contribution in [0.5, 0.6) is 0 Å². The number of pyridine rings is 1. The van der Waals surface area contributed by atoms with Crippen LogP contribution in [0.3, 0.4) is 0 Å². The summed E-state index contributed by atoms with van der Waals surface area (Å²) >= 11 is 5.89. The fourth-order valence-corrected chi connectivity index (χ4v) is 1.80. The number of carbonyl (C=O) groups excluding carboxylic acids is 1. The first-order valence-corrected chi connectivity index (χ1v) is 6.50. The summed E-state index contributed by atoms with van der Waals surface area (Å²) in [4.78, 5) is 17.5. The Morgan fingerprint density at radius 2 is 1.90 bits per heavy atom. The molecular formula is C15H15ClN2O2. The summed E-state index contributed by atoms with van der Waals surface area (Å²) in [5.74, 6) is 0. The van der Waals surface area contributed by atoms with Crippen molar-refractivity contribution in [3.05, 3.63) is 64.9 Å². The van der Waals surface area contributed by atoms with Crippen molar-refractivity contribution in [2.45, 2.75) is 6.10 Å². The second-order valence-corrected chi connectivity index (χ2v) is 4.90. The van der Waals surface area contributed by atoms with Crippen molar-refractivity contribution in [3.63, 3.8) is 0 Å². The predicted molar refractivity (Wildman–Crippen MR) is 77.7 cm³/mol. The van der Waals surface area contributed by atoms with Gasteiger partial charge in [0.05, 0.1) is 5.69 Å². The molecule has 0 bridgehead atoms. The van der Waals surface area contributed by atoms with Crippen LogP contribution in [0, 0.1) is 0 Å². The van der Waals surface area contributed by atoms with Gasteiger partial charge in [0.2, 0.25) is 0 Å². The Hall–Kier alpha value is -2.07. The molecule has 104 valence electrons. The van der Waals surface area contributed by atoms with Crippen LogP contribution in [0.2, 0.25) is 5.02 Å². The van der Waals surface area contributed by atoms with Gasteiger partial charge in [-0.25, -0.2) is 4.79 Å². The van der Waals surface area contributed by atoms with Gasteiger partial charge in [-0.2, -0.15) is 0 Å². The van der Waals surface area contributed by atoms with Crippen molar-refractivity contribution < 1.29 is 9.53 Å². The van der Waals surface area contributed by atoms with E-state index < -0.39 is 12.2 Å². The first kappa shape index (κ1) is 14.3. The van der Waals surface area contributed by atoms with E-state index in [-0.39, 0.29) is 0 Å². The monoisotopic (exact) mass is 290 g/mol. The van der Waals surface area contributed by atoms with Crippen LogP contribution >= 0.6 is 11.6 Å². The number of aromatic nitrogens is 1.